The maximum absolute atomic E-state index is 13.2. The van der Waals surface area contributed by atoms with Gasteiger partial charge in [0.05, 0.1) is 12.7 Å². The molecule has 1 aromatic carbocycles. The van der Waals surface area contributed by atoms with Crippen LogP contribution in [0.4, 0.5) is 8.78 Å². The van der Waals surface area contributed by atoms with Crippen LogP contribution in [0.3, 0.4) is 0 Å². The van der Waals surface area contributed by atoms with Gasteiger partial charge in [-0.1, -0.05) is 6.92 Å². The zero-order chi connectivity index (χ0) is 11.4. The summed E-state index contributed by atoms with van der Waals surface area (Å²) in [5.74, 6) is -2.15. The Morgan fingerprint density at radius 1 is 1.40 bits per heavy atom. The van der Waals surface area contributed by atoms with Crippen molar-refractivity contribution < 1.29 is 18.6 Å². The molecule has 0 radical (unpaired) electrons. The molecule has 0 heterocycles. The van der Waals surface area contributed by atoms with E-state index in [0.29, 0.717) is 18.6 Å². The van der Waals surface area contributed by atoms with E-state index >= 15 is 0 Å². The van der Waals surface area contributed by atoms with E-state index in [0.717, 1.165) is 6.07 Å². The Labute approximate surface area is 87.5 Å². The summed E-state index contributed by atoms with van der Waals surface area (Å²) in [5, 5.41) is 9.24. The number of halogens is 2. The van der Waals surface area contributed by atoms with Gasteiger partial charge in [0.2, 0.25) is 5.82 Å². The molecule has 0 bridgehead atoms. The first-order valence-electron chi connectivity index (χ1n) is 4.86. The predicted molar refractivity (Wildman–Crippen MR) is 52.8 cm³/mol. The van der Waals surface area contributed by atoms with Crippen LogP contribution >= 0.6 is 0 Å². The van der Waals surface area contributed by atoms with Gasteiger partial charge in [0.15, 0.2) is 11.6 Å². The van der Waals surface area contributed by atoms with E-state index in [2.05, 4.69) is 0 Å². The second kappa shape index (κ2) is 5.07. The minimum atomic E-state index is -1.01. The first kappa shape index (κ1) is 11.9. The molecular formula is C11H14F2O2. The summed E-state index contributed by atoms with van der Waals surface area (Å²) in [6, 6.07) is 2.29. The fraction of sp³-hybridized carbons (Fsp3) is 0.455. The Bertz CT molecular complexity index is 338. The summed E-state index contributed by atoms with van der Waals surface area (Å²) >= 11 is 0. The molecule has 0 unspecified atom stereocenters. The van der Waals surface area contributed by atoms with Crippen LogP contribution < -0.4 is 4.74 Å². The van der Waals surface area contributed by atoms with Crippen molar-refractivity contribution in [3.63, 3.8) is 0 Å². The lowest BCUT2D eigenvalue weighted by molar-refractivity contribution is 0.197. The van der Waals surface area contributed by atoms with E-state index < -0.39 is 17.7 Å². The Balaban J connectivity index is 3.02. The van der Waals surface area contributed by atoms with Gasteiger partial charge in [-0.2, -0.15) is 4.39 Å². The molecule has 1 rings (SSSR count). The van der Waals surface area contributed by atoms with Crippen LogP contribution in [0.5, 0.6) is 5.75 Å². The third kappa shape index (κ3) is 2.89. The van der Waals surface area contributed by atoms with Crippen LogP contribution in [0.15, 0.2) is 12.1 Å². The molecule has 0 aliphatic rings. The van der Waals surface area contributed by atoms with Crippen LogP contribution in [0.2, 0.25) is 0 Å². The smallest absolute Gasteiger partial charge is 0.200 e. The third-order valence-corrected chi connectivity index (χ3v) is 1.96. The highest BCUT2D eigenvalue weighted by molar-refractivity contribution is 5.32. The summed E-state index contributed by atoms with van der Waals surface area (Å²) < 4.78 is 31.3. The molecule has 0 saturated heterocycles. The molecule has 1 aromatic rings. The van der Waals surface area contributed by atoms with Crippen molar-refractivity contribution in [2.45, 2.75) is 26.4 Å². The van der Waals surface area contributed by atoms with Gasteiger partial charge in [0.1, 0.15) is 0 Å². The molecular weight excluding hydrogens is 202 g/mol. The van der Waals surface area contributed by atoms with Crippen molar-refractivity contribution in [3.8, 4) is 5.75 Å². The molecule has 0 spiro atoms. The minimum absolute atomic E-state index is 0.146. The van der Waals surface area contributed by atoms with Crippen molar-refractivity contribution in [2.75, 3.05) is 6.61 Å². The van der Waals surface area contributed by atoms with Crippen LogP contribution in [0.25, 0.3) is 0 Å². The number of hydrogen-bond acceptors (Lipinski definition) is 2. The topological polar surface area (TPSA) is 29.5 Å². The average Bonchev–Trinajstić information content (AvgIpc) is 2.19. The van der Waals surface area contributed by atoms with Crippen molar-refractivity contribution in [2.24, 2.45) is 0 Å². The van der Waals surface area contributed by atoms with Crippen LogP contribution in [0.1, 0.15) is 31.9 Å². The zero-order valence-corrected chi connectivity index (χ0v) is 8.76. The van der Waals surface area contributed by atoms with E-state index in [1.165, 1.54) is 13.0 Å². The maximum Gasteiger partial charge on any atom is 0.200 e. The number of aliphatic hydroxyl groups is 1. The molecule has 0 amide bonds. The molecule has 1 N–H and O–H groups in total. The number of benzene rings is 1. The van der Waals surface area contributed by atoms with Crippen molar-refractivity contribution in [3.05, 3.63) is 29.3 Å². The zero-order valence-electron chi connectivity index (χ0n) is 8.76. The Hall–Kier alpha value is -1.16. The first-order valence-corrected chi connectivity index (χ1v) is 4.86. The van der Waals surface area contributed by atoms with Crippen LogP contribution in [0, 0.1) is 11.6 Å². The standard InChI is InChI=1S/C11H14F2O2/c1-3-4-15-10-6-8(7(2)14)5-9(12)11(10)13/h5-7,14H,3-4H2,1-2H3/t7-/m0/s1. The molecule has 0 aliphatic heterocycles. The summed E-state index contributed by atoms with van der Waals surface area (Å²) in [7, 11) is 0. The molecule has 0 aliphatic carbocycles. The van der Waals surface area contributed by atoms with Crippen LogP contribution in [-0.2, 0) is 0 Å². The Morgan fingerprint density at radius 2 is 2.07 bits per heavy atom. The van der Waals surface area contributed by atoms with Gasteiger partial charge in [0.25, 0.3) is 0 Å². The third-order valence-electron chi connectivity index (χ3n) is 1.96. The van der Waals surface area contributed by atoms with Gasteiger partial charge in [0, 0.05) is 0 Å². The first-order chi connectivity index (χ1) is 7.06. The number of aliphatic hydroxyl groups excluding tert-OH is 1. The van der Waals surface area contributed by atoms with Gasteiger partial charge < -0.3 is 9.84 Å². The molecule has 15 heavy (non-hydrogen) atoms. The molecule has 84 valence electrons. The van der Waals surface area contributed by atoms with Gasteiger partial charge >= 0.3 is 0 Å². The SMILES string of the molecule is CCCOc1cc([C@H](C)O)cc(F)c1F. The monoisotopic (exact) mass is 216 g/mol. The molecule has 0 saturated carbocycles. The second-order valence-corrected chi connectivity index (χ2v) is 3.34. The summed E-state index contributed by atoms with van der Waals surface area (Å²) in [6.45, 7) is 3.67. The van der Waals surface area contributed by atoms with Crippen molar-refractivity contribution in [1.29, 1.82) is 0 Å². The average molecular weight is 216 g/mol. The predicted octanol–water partition coefficient (Wildman–Crippen LogP) is 2.81. The summed E-state index contributed by atoms with van der Waals surface area (Å²) in [6.07, 6.45) is -0.135. The normalized spacial score (nSPS) is 12.6. The molecule has 4 heteroatoms. The van der Waals surface area contributed by atoms with Crippen molar-refractivity contribution in [1.82, 2.24) is 0 Å². The van der Waals surface area contributed by atoms with E-state index in [4.69, 9.17) is 4.74 Å². The highest BCUT2D eigenvalue weighted by atomic mass is 19.2. The fourth-order valence-corrected chi connectivity index (χ4v) is 1.14. The van der Waals surface area contributed by atoms with E-state index in [1.807, 2.05) is 6.92 Å². The Morgan fingerprint density at radius 3 is 2.60 bits per heavy atom. The maximum atomic E-state index is 13.2. The molecule has 1 atom stereocenters. The lowest BCUT2D eigenvalue weighted by Gasteiger charge is -2.10. The highest BCUT2D eigenvalue weighted by Crippen LogP contribution is 2.25. The lowest BCUT2D eigenvalue weighted by atomic mass is 10.1. The van der Waals surface area contributed by atoms with Gasteiger partial charge in [-0.05, 0) is 31.0 Å². The number of ether oxygens (including phenoxy) is 1. The molecule has 2 nitrogen and oxygen atoms in total. The van der Waals surface area contributed by atoms with Gasteiger partial charge in [-0.3, -0.25) is 0 Å². The number of hydrogen-bond donors (Lipinski definition) is 1. The van der Waals surface area contributed by atoms with Gasteiger partial charge in [-0.25, -0.2) is 4.39 Å². The highest BCUT2D eigenvalue weighted by Gasteiger charge is 2.13. The van der Waals surface area contributed by atoms with Crippen molar-refractivity contribution >= 4 is 0 Å². The fourth-order valence-electron chi connectivity index (χ4n) is 1.14. The number of rotatable bonds is 4. The van der Waals surface area contributed by atoms with Crippen LogP contribution in [-0.4, -0.2) is 11.7 Å². The van der Waals surface area contributed by atoms with E-state index in [1.54, 1.807) is 0 Å². The second-order valence-electron chi connectivity index (χ2n) is 3.34. The lowest BCUT2D eigenvalue weighted by Crippen LogP contribution is -2.02. The quantitative estimate of drug-likeness (QED) is 0.838. The van der Waals surface area contributed by atoms with E-state index in [9.17, 15) is 13.9 Å². The molecule has 0 fully saturated rings. The summed E-state index contributed by atoms with van der Waals surface area (Å²) in [4.78, 5) is 0. The Kier molecular flexibility index (Phi) is 4.03. The van der Waals surface area contributed by atoms with E-state index in [-0.39, 0.29) is 5.75 Å². The largest absolute Gasteiger partial charge is 0.490 e. The summed E-state index contributed by atoms with van der Waals surface area (Å²) in [5.41, 5.74) is 0.306. The molecule has 0 aromatic heterocycles. The van der Waals surface area contributed by atoms with Gasteiger partial charge in [-0.15, -0.1) is 0 Å². The minimum Gasteiger partial charge on any atom is -0.490 e.